The predicted molar refractivity (Wildman–Crippen MR) is 123 cm³/mol. The number of nitrogens with zero attached hydrogens (tertiary/aromatic N) is 3. The lowest BCUT2D eigenvalue weighted by Crippen LogP contribution is -2.56. The van der Waals surface area contributed by atoms with Gasteiger partial charge in [-0.15, -0.1) is 5.10 Å². The molecule has 0 bridgehead atoms. The van der Waals surface area contributed by atoms with Crippen molar-refractivity contribution in [2.24, 2.45) is 0 Å². The first-order chi connectivity index (χ1) is 16.9. The van der Waals surface area contributed by atoms with Crippen molar-refractivity contribution in [2.75, 3.05) is 25.1 Å². The zero-order valence-corrected chi connectivity index (χ0v) is 18.8. The fourth-order valence-corrected chi connectivity index (χ4v) is 4.66. The van der Waals surface area contributed by atoms with Crippen molar-refractivity contribution in [1.29, 1.82) is 0 Å². The first kappa shape index (κ1) is 22.5. The van der Waals surface area contributed by atoms with Crippen LogP contribution < -0.4 is 5.32 Å². The standard InChI is InChI=1S/C24H23N5O6/c1-13-19(22(31)32)29(10-11-34-13)21(30)20-25-23(28-27-20)26-24(33)35-12-18-16-8-4-2-6-14(16)15-7-3-5-9-17(15)18/h2-9,13,18-19H,10-12H2,1H3,(H,31,32)(H2,25,26,27,28,33). The molecule has 1 aromatic heterocycles. The van der Waals surface area contributed by atoms with Gasteiger partial charge in [0.25, 0.3) is 11.9 Å². The molecule has 1 fully saturated rings. The lowest BCUT2D eigenvalue weighted by atomic mass is 9.98. The number of H-pyrrole nitrogens is 1. The molecule has 2 amide bonds. The molecule has 11 nitrogen and oxygen atoms in total. The van der Waals surface area contributed by atoms with Crippen molar-refractivity contribution >= 4 is 23.9 Å². The minimum atomic E-state index is -1.18. The first-order valence-electron chi connectivity index (χ1n) is 11.1. The summed E-state index contributed by atoms with van der Waals surface area (Å²) in [5, 5.41) is 18.2. The third kappa shape index (κ3) is 4.21. The largest absolute Gasteiger partial charge is 0.480 e. The molecular weight excluding hydrogens is 454 g/mol. The molecule has 3 aromatic rings. The number of aromatic amines is 1. The maximum Gasteiger partial charge on any atom is 0.414 e. The minimum absolute atomic E-state index is 0.0932. The number of anilines is 1. The summed E-state index contributed by atoms with van der Waals surface area (Å²) < 4.78 is 10.8. The number of morpholine rings is 1. The predicted octanol–water partition coefficient (Wildman–Crippen LogP) is 2.48. The van der Waals surface area contributed by atoms with Crippen LogP contribution in [0.1, 0.15) is 34.6 Å². The summed E-state index contributed by atoms with van der Waals surface area (Å²) >= 11 is 0. The molecule has 1 saturated heterocycles. The summed E-state index contributed by atoms with van der Waals surface area (Å²) in [5.74, 6) is -2.28. The highest BCUT2D eigenvalue weighted by atomic mass is 16.5. The van der Waals surface area contributed by atoms with Crippen molar-refractivity contribution in [3.05, 3.63) is 65.5 Å². The number of carboxylic acid groups (broad SMARTS) is 1. The quantitative estimate of drug-likeness (QED) is 0.508. The SMILES string of the molecule is CC1OCCN(C(=O)c2nc(NC(=O)OCC3c4ccccc4-c4ccccc43)n[nH]2)C1C(=O)O. The van der Waals surface area contributed by atoms with Crippen molar-refractivity contribution in [3.8, 4) is 11.1 Å². The van der Waals surface area contributed by atoms with Crippen LogP contribution in [-0.2, 0) is 14.3 Å². The fraction of sp³-hybridized carbons (Fsp3) is 0.292. The van der Waals surface area contributed by atoms with Gasteiger partial charge in [0.05, 0.1) is 12.7 Å². The zero-order valence-electron chi connectivity index (χ0n) is 18.8. The number of benzene rings is 2. The minimum Gasteiger partial charge on any atom is -0.480 e. The van der Waals surface area contributed by atoms with Gasteiger partial charge in [-0.3, -0.25) is 15.2 Å². The van der Waals surface area contributed by atoms with E-state index in [1.54, 1.807) is 6.92 Å². The molecule has 35 heavy (non-hydrogen) atoms. The molecule has 2 aromatic carbocycles. The van der Waals surface area contributed by atoms with E-state index in [-0.39, 0.29) is 37.4 Å². The van der Waals surface area contributed by atoms with Crippen molar-refractivity contribution < 1.29 is 29.0 Å². The molecule has 2 unspecified atom stereocenters. The number of fused-ring (bicyclic) bond motifs is 3. The van der Waals surface area contributed by atoms with E-state index >= 15 is 0 Å². The number of carbonyl (C=O) groups is 3. The van der Waals surface area contributed by atoms with Crippen LogP contribution in [0.2, 0.25) is 0 Å². The van der Waals surface area contributed by atoms with Crippen molar-refractivity contribution in [3.63, 3.8) is 0 Å². The summed E-state index contributed by atoms with van der Waals surface area (Å²) in [4.78, 5) is 42.0. The summed E-state index contributed by atoms with van der Waals surface area (Å²) in [6, 6.07) is 14.8. The molecule has 2 heterocycles. The van der Waals surface area contributed by atoms with Crippen LogP contribution in [0.5, 0.6) is 0 Å². The van der Waals surface area contributed by atoms with Gasteiger partial charge in [-0.2, -0.15) is 4.98 Å². The number of rotatable bonds is 5. The number of carboxylic acids is 1. The number of aliphatic carboxylic acids is 1. The summed E-state index contributed by atoms with van der Waals surface area (Å²) in [6.07, 6.45) is -1.44. The van der Waals surface area contributed by atoms with Crippen LogP contribution >= 0.6 is 0 Å². The number of amides is 2. The molecule has 11 heteroatoms. The summed E-state index contributed by atoms with van der Waals surface area (Å²) in [6.45, 7) is 2.00. The second kappa shape index (κ2) is 9.18. The highest BCUT2D eigenvalue weighted by Gasteiger charge is 2.39. The Morgan fingerprint density at radius 3 is 2.46 bits per heavy atom. The van der Waals surface area contributed by atoms with E-state index in [0.717, 1.165) is 27.2 Å². The Labute approximate surface area is 200 Å². The fourth-order valence-electron chi connectivity index (χ4n) is 4.66. The molecule has 0 radical (unpaired) electrons. The Morgan fingerprint density at radius 2 is 1.80 bits per heavy atom. The highest BCUT2D eigenvalue weighted by Crippen LogP contribution is 2.44. The molecule has 0 spiro atoms. The van der Waals surface area contributed by atoms with E-state index < -0.39 is 30.1 Å². The molecular formula is C24H23N5O6. The van der Waals surface area contributed by atoms with Gasteiger partial charge < -0.3 is 19.5 Å². The smallest absolute Gasteiger partial charge is 0.414 e. The second-order valence-corrected chi connectivity index (χ2v) is 8.32. The number of ether oxygens (including phenoxy) is 2. The number of aromatic nitrogens is 3. The Hall–Kier alpha value is -4.25. The van der Waals surface area contributed by atoms with E-state index in [0.29, 0.717) is 0 Å². The maximum absolute atomic E-state index is 12.8. The Kier molecular flexibility index (Phi) is 5.91. The average Bonchev–Trinajstić information content (AvgIpc) is 3.44. The van der Waals surface area contributed by atoms with Crippen LogP contribution in [0, 0.1) is 0 Å². The number of hydrogen-bond acceptors (Lipinski definition) is 7. The molecule has 5 rings (SSSR count). The molecule has 1 aliphatic heterocycles. The molecule has 3 N–H and O–H groups in total. The van der Waals surface area contributed by atoms with Crippen LogP contribution in [-0.4, -0.2) is 75.1 Å². The molecule has 180 valence electrons. The van der Waals surface area contributed by atoms with Crippen molar-refractivity contribution in [2.45, 2.75) is 25.0 Å². The molecule has 1 aliphatic carbocycles. The van der Waals surface area contributed by atoms with Gasteiger partial charge in [0.15, 0.2) is 6.04 Å². The van der Waals surface area contributed by atoms with Crippen LogP contribution in [0.4, 0.5) is 10.7 Å². The number of carbonyl (C=O) groups excluding carboxylic acids is 2. The van der Waals surface area contributed by atoms with Gasteiger partial charge in [-0.05, 0) is 29.2 Å². The normalized spacial score (nSPS) is 19.1. The van der Waals surface area contributed by atoms with E-state index in [1.807, 2.05) is 48.5 Å². The monoisotopic (exact) mass is 477 g/mol. The van der Waals surface area contributed by atoms with Crippen LogP contribution in [0.3, 0.4) is 0 Å². The molecule has 0 saturated carbocycles. The van der Waals surface area contributed by atoms with E-state index in [2.05, 4.69) is 20.5 Å². The van der Waals surface area contributed by atoms with Gasteiger partial charge in [0.2, 0.25) is 5.82 Å². The topological polar surface area (TPSA) is 147 Å². The van der Waals surface area contributed by atoms with E-state index in [1.165, 1.54) is 0 Å². The zero-order chi connectivity index (χ0) is 24.5. The lowest BCUT2D eigenvalue weighted by Gasteiger charge is -2.36. The van der Waals surface area contributed by atoms with E-state index in [4.69, 9.17) is 9.47 Å². The van der Waals surface area contributed by atoms with E-state index in [9.17, 15) is 19.5 Å². The Balaban J connectivity index is 1.23. The maximum atomic E-state index is 12.8. The third-order valence-electron chi connectivity index (χ3n) is 6.25. The number of hydrogen-bond donors (Lipinski definition) is 3. The molecule has 2 atom stereocenters. The van der Waals surface area contributed by atoms with Gasteiger partial charge in [0.1, 0.15) is 6.61 Å². The van der Waals surface area contributed by atoms with Crippen molar-refractivity contribution in [1.82, 2.24) is 20.1 Å². The molecule has 2 aliphatic rings. The van der Waals surface area contributed by atoms with Crippen LogP contribution in [0.25, 0.3) is 11.1 Å². The third-order valence-corrected chi connectivity index (χ3v) is 6.25. The number of nitrogens with one attached hydrogen (secondary N) is 2. The lowest BCUT2D eigenvalue weighted by molar-refractivity contribution is -0.152. The highest BCUT2D eigenvalue weighted by molar-refractivity contribution is 5.94. The van der Waals surface area contributed by atoms with Gasteiger partial charge in [0, 0.05) is 12.5 Å². The Morgan fingerprint density at radius 1 is 1.14 bits per heavy atom. The summed E-state index contributed by atoms with van der Waals surface area (Å²) in [5.41, 5.74) is 4.40. The van der Waals surface area contributed by atoms with Crippen LogP contribution in [0.15, 0.2) is 48.5 Å². The van der Waals surface area contributed by atoms with Gasteiger partial charge >= 0.3 is 12.1 Å². The van der Waals surface area contributed by atoms with Gasteiger partial charge in [-0.1, -0.05) is 48.5 Å². The second-order valence-electron chi connectivity index (χ2n) is 8.32. The average molecular weight is 477 g/mol. The Bertz CT molecular complexity index is 1250. The first-order valence-corrected chi connectivity index (χ1v) is 11.1. The summed E-state index contributed by atoms with van der Waals surface area (Å²) in [7, 11) is 0. The van der Waals surface area contributed by atoms with Gasteiger partial charge in [-0.25, -0.2) is 9.59 Å².